The Balaban J connectivity index is -0.00000000500. The highest BCUT2D eigenvalue weighted by atomic mass is 14.0. The Bertz CT molecular complexity index is 4.00. The summed E-state index contributed by atoms with van der Waals surface area (Å²) in [4.78, 5) is 0. The van der Waals surface area contributed by atoms with Crippen molar-refractivity contribution in [1.29, 1.82) is 0 Å². The second-order valence-electron chi connectivity index (χ2n) is 0. The predicted octanol–water partition coefficient (Wildman–Crippen LogP) is -0.159. The van der Waals surface area contributed by atoms with Gasteiger partial charge in [0.2, 0.25) is 0 Å². The van der Waals surface area contributed by atoms with Gasteiger partial charge in [0, 0.05) is 12.3 Å². The van der Waals surface area contributed by atoms with Crippen molar-refractivity contribution in [2.75, 3.05) is 0 Å². The van der Waals surface area contributed by atoms with Crippen LogP contribution < -0.4 is 12.3 Å². The first-order chi connectivity index (χ1) is 1.00. The van der Waals surface area contributed by atoms with Gasteiger partial charge in [0.1, 0.15) is 0 Å². The molecule has 0 aromatic carbocycles. The zero-order valence-electron chi connectivity index (χ0n) is 2.31. The van der Waals surface area contributed by atoms with Gasteiger partial charge >= 0.3 is 0 Å². The van der Waals surface area contributed by atoms with Gasteiger partial charge in [-0.1, -0.05) is 0 Å². The topological polar surface area (TPSA) is 61.0 Å². The van der Waals surface area contributed by atoms with Crippen molar-refractivity contribution in [1.82, 2.24) is 12.3 Å². The van der Waals surface area contributed by atoms with Gasteiger partial charge in [-0.25, -0.2) is 0 Å². The van der Waals surface area contributed by atoms with Crippen molar-refractivity contribution in [2.45, 2.75) is 0 Å². The van der Waals surface area contributed by atoms with E-state index in [1.54, 1.807) is 0 Å². The molecule has 2 heteroatoms. The van der Waals surface area contributed by atoms with E-state index in [9.17, 15) is 0 Å². The maximum atomic E-state index is 3.00. The SMILES string of the molecule is C=C.[N].[N]. The van der Waals surface area contributed by atoms with E-state index in [4.69, 9.17) is 0 Å². The Morgan fingerprint density at radius 1 is 0.750 bits per heavy atom. The molecule has 0 unspecified atom stereocenters. The molecule has 0 aliphatic heterocycles. The second-order valence-corrected chi connectivity index (χ2v) is 0. The molecular formula is C2H4N2. The molecule has 0 aromatic heterocycles. The molecule has 22 valence electrons. The largest absolute Gasteiger partial charge is 0.106 e. The molecular weight excluding hydrogens is 52.0 g/mol. The first kappa shape index (κ1) is 59.5. The van der Waals surface area contributed by atoms with Crippen LogP contribution in [0.15, 0.2) is 13.2 Å². The molecule has 2 nitrogen and oxygen atoms in total. The van der Waals surface area contributed by atoms with Crippen molar-refractivity contribution < 1.29 is 0 Å². The molecule has 0 rings (SSSR count). The Labute approximate surface area is 26.7 Å². The summed E-state index contributed by atoms with van der Waals surface area (Å²) >= 11 is 0. The zero-order valence-corrected chi connectivity index (χ0v) is 2.31. The molecule has 0 aromatic rings. The molecule has 0 bridgehead atoms. The van der Waals surface area contributed by atoms with Crippen LogP contribution in [0, 0.1) is 0 Å². The van der Waals surface area contributed by atoms with Crippen LogP contribution in [-0.2, 0) is 0 Å². The maximum absolute atomic E-state index is 3.00. The Hall–Kier alpha value is -0.340. The average molecular weight is 56.1 g/mol. The first-order valence-electron chi connectivity index (χ1n) is 0.500. The van der Waals surface area contributed by atoms with E-state index in [0.717, 1.165) is 0 Å². The molecule has 0 spiro atoms. The van der Waals surface area contributed by atoms with Crippen molar-refractivity contribution >= 4 is 0 Å². The highest BCUT2D eigenvalue weighted by Crippen LogP contribution is 0.862. The summed E-state index contributed by atoms with van der Waals surface area (Å²) in [6, 6.07) is 0. The lowest BCUT2D eigenvalue weighted by Crippen LogP contribution is -0.552. The molecule has 0 heterocycles. The van der Waals surface area contributed by atoms with Crippen LogP contribution in [0.25, 0.3) is 0 Å². The lowest BCUT2D eigenvalue weighted by molar-refractivity contribution is 2.13. The Kier molecular flexibility index (Phi) is 942. The number of nitrogens with zero attached hydrogens (tertiary/aromatic N) is 2. The van der Waals surface area contributed by atoms with Gasteiger partial charge in [-0.05, 0) is 0 Å². The third-order valence-electron chi connectivity index (χ3n) is 0. The predicted molar refractivity (Wildman–Crippen MR) is 15.5 cm³/mol. The fourth-order valence-corrected chi connectivity index (χ4v) is 0. The summed E-state index contributed by atoms with van der Waals surface area (Å²) < 4.78 is 0. The molecule has 0 aliphatic rings. The van der Waals surface area contributed by atoms with Crippen molar-refractivity contribution in [3.63, 3.8) is 0 Å². The third kappa shape index (κ3) is 6.26. The molecule has 0 saturated heterocycles. The molecule has 0 N–H and O–H groups in total. The van der Waals surface area contributed by atoms with Crippen molar-refractivity contribution in [3.05, 3.63) is 13.2 Å². The van der Waals surface area contributed by atoms with Crippen LogP contribution in [0.1, 0.15) is 0 Å². The summed E-state index contributed by atoms with van der Waals surface area (Å²) in [5.74, 6) is 0. The van der Waals surface area contributed by atoms with Gasteiger partial charge in [-0.3, -0.25) is 0 Å². The number of hydrogen-bond acceptors (Lipinski definition) is 0. The number of hydrogen-bond donors (Lipinski definition) is 0. The van der Waals surface area contributed by atoms with Crippen LogP contribution in [0.3, 0.4) is 0 Å². The van der Waals surface area contributed by atoms with E-state index in [1.807, 2.05) is 0 Å². The first-order valence-corrected chi connectivity index (χ1v) is 0.500. The summed E-state index contributed by atoms with van der Waals surface area (Å²) in [6.07, 6.45) is 0. The van der Waals surface area contributed by atoms with Crippen LogP contribution >= 0.6 is 0 Å². The third-order valence-corrected chi connectivity index (χ3v) is 0. The Morgan fingerprint density at radius 2 is 0.750 bits per heavy atom. The van der Waals surface area contributed by atoms with Gasteiger partial charge in [0.05, 0.1) is 0 Å². The van der Waals surface area contributed by atoms with Gasteiger partial charge in [0.15, 0.2) is 0 Å². The molecule has 0 aliphatic carbocycles. The van der Waals surface area contributed by atoms with Gasteiger partial charge in [0.25, 0.3) is 0 Å². The van der Waals surface area contributed by atoms with E-state index in [-0.39, 0.29) is 12.3 Å². The molecule has 6 radical (unpaired) electrons. The Morgan fingerprint density at radius 3 is 0.750 bits per heavy atom. The van der Waals surface area contributed by atoms with Crippen LogP contribution in [-0.4, -0.2) is 0 Å². The minimum Gasteiger partial charge on any atom is -0.106 e. The van der Waals surface area contributed by atoms with Crippen LogP contribution in [0.4, 0.5) is 0 Å². The maximum Gasteiger partial charge on any atom is 0 e. The molecule has 0 atom stereocenters. The van der Waals surface area contributed by atoms with E-state index < -0.39 is 0 Å². The summed E-state index contributed by atoms with van der Waals surface area (Å²) in [7, 11) is 0. The van der Waals surface area contributed by atoms with Gasteiger partial charge in [-0.2, -0.15) is 0 Å². The minimum absolute atomic E-state index is 0. The summed E-state index contributed by atoms with van der Waals surface area (Å²) in [6.45, 7) is 6.00. The highest BCUT2D eigenvalue weighted by Gasteiger charge is 0.601. The average Bonchev–Trinajstić information content (AvgIpc) is 1.00. The van der Waals surface area contributed by atoms with E-state index in [1.165, 1.54) is 0 Å². The fourth-order valence-electron chi connectivity index (χ4n) is 0. The summed E-state index contributed by atoms with van der Waals surface area (Å²) in [5, 5.41) is 0. The molecule has 0 saturated carbocycles. The van der Waals surface area contributed by atoms with Crippen molar-refractivity contribution in [3.8, 4) is 0 Å². The second kappa shape index (κ2) is 63.4. The van der Waals surface area contributed by atoms with Crippen LogP contribution in [0.2, 0.25) is 0 Å². The van der Waals surface area contributed by atoms with Gasteiger partial charge < -0.3 is 0 Å². The quantitative estimate of drug-likeness (QED) is 0.346. The minimum atomic E-state index is 0. The van der Waals surface area contributed by atoms with E-state index in [0.29, 0.717) is 0 Å². The van der Waals surface area contributed by atoms with Crippen molar-refractivity contribution in [2.24, 2.45) is 0 Å². The molecule has 0 amide bonds. The molecule has 0 fully saturated rings. The number of rotatable bonds is 0. The zero-order chi connectivity index (χ0) is 2.00. The van der Waals surface area contributed by atoms with E-state index >= 15 is 0 Å². The smallest absolute Gasteiger partial charge is 0 e. The fraction of sp³-hybridized carbons (Fsp3) is 0. The monoisotopic (exact) mass is 56.0 g/mol. The molecule has 4 heavy (non-hydrogen) atoms. The van der Waals surface area contributed by atoms with Crippen LogP contribution in [0.5, 0.6) is 0 Å². The lowest BCUT2D eigenvalue weighted by Gasteiger charge is -0.813. The lowest BCUT2D eigenvalue weighted by atomic mass is 11.3. The van der Waals surface area contributed by atoms with E-state index in [2.05, 4.69) is 13.2 Å². The summed E-state index contributed by atoms with van der Waals surface area (Å²) in [5.41, 5.74) is 0. The normalized spacial score (nSPS) is 1.00. The van der Waals surface area contributed by atoms with Gasteiger partial charge in [-0.15, -0.1) is 13.2 Å². The standard InChI is InChI=1S/C2H4.2N/c1-2;;/h1-2H2;;. The highest BCUT2D eigenvalue weighted by molar-refractivity contribution is 4.22.